The normalized spacial score (nSPS) is 11.7. The van der Waals surface area contributed by atoms with Crippen LogP contribution in [0.3, 0.4) is 0 Å². The number of sulfonamides is 1. The number of rotatable bonds is 5. The number of nitrogens with one attached hydrogen (secondary N) is 1. The molecule has 1 aromatic carbocycles. The maximum atomic E-state index is 12.1. The second-order valence-corrected chi connectivity index (χ2v) is 5.80. The van der Waals surface area contributed by atoms with Crippen molar-refractivity contribution < 1.29 is 8.42 Å². The summed E-state index contributed by atoms with van der Waals surface area (Å²) in [6, 6.07) is 8.92. The number of aromatic nitrogens is 2. The molecule has 0 saturated carbocycles. The molecule has 0 spiro atoms. The van der Waals surface area contributed by atoms with Gasteiger partial charge in [-0.2, -0.15) is 5.10 Å². The molecule has 0 aliphatic heterocycles. The fourth-order valence-electron chi connectivity index (χ4n) is 1.80. The zero-order valence-corrected chi connectivity index (χ0v) is 11.4. The Balaban J connectivity index is 2.17. The van der Waals surface area contributed by atoms with Gasteiger partial charge in [0.15, 0.2) is 5.03 Å². The second-order valence-electron chi connectivity index (χ2n) is 4.09. The molecule has 102 valence electrons. The first kappa shape index (κ1) is 13.7. The monoisotopic (exact) mass is 280 g/mol. The van der Waals surface area contributed by atoms with E-state index in [1.165, 1.54) is 16.9 Å². The SMILES string of the molecule is Cn1nccc1S(=O)(=O)NCc1ccccc1CN. The topological polar surface area (TPSA) is 90.0 Å². The Morgan fingerprint density at radius 2 is 1.95 bits per heavy atom. The molecule has 2 aromatic rings. The van der Waals surface area contributed by atoms with Crippen molar-refractivity contribution in [1.82, 2.24) is 14.5 Å². The molecule has 0 amide bonds. The van der Waals surface area contributed by atoms with Crippen molar-refractivity contribution in [2.24, 2.45) is 12.8 Å². The minimum absolute atomic E-state index is 0.137. The van der Waals surface area contributed by atoms with Gasteiger partial charge in [-0.1, -0.05) is 24.3 Å². The third-order valence-electron chi connectivity index (χ3n) is 2.84. The van der Waals surface area contributed by atoms with Crippen molar-refractivity contribution in [1.29, 1.82) is 0 Å². The van der Waals surface area contributed by atoms with Gasteiger partial charge in [0.25, 0.3) is 10.0 Å². The Bertz CT molecular complexity index is 664. The van der Waals surface area contributed by atoms with E-state index in [2.05, 4.69) is 9.82 Å². The fourth-order valence-corrected chi connectivity index (χ4v) is 2.93. The van der Waals surface area contributed by atoms with Crippen LogP contribution in [0.4, 0.5) is 0 Å². The van der Waals surface area contributed by atoms with Crippen molar-refractivity contribution in [2.45, 2.75) is 18.1 Å². The van der Waals surface area contributed by atoms with Gasteiger partial charge in [0.1, 0.15) is 0 Å². The van der Waals surface area contributed by atoms with Crippen LogP contribution in [0.5, 0.6) is 0 Å². The lowest BCUT2D eigenvalue weighted by atomic mass is 10.1. The molecule has 0 aliphatic rings. The predicted molar refractivity (Wildman–Crippen MR) is 71.6 cm³/mol. The first-order valence-corrected chi connectivity index (χ1v) is 7.27. The van der Waals surface area contributed by atoms with E-state index in [9.17, 15) is 8.42 Å². The van der Waals surface area contributed by atoms with Crippen LogP contribution >= 0.6 is 0 Å². The minimum atomic E-state index is -3.56. The number of aryl methyl sites for hydroxylation is 1. The van der Waals surface area contributed by atoms with Crippen molar-refractivity contribution in [3.63, 3.8) is 0 Å². The minimum Gasteiger partial charge on any atom is -0.326 e. The molecule has 6 nitrogen and oxygen atoms in total. The molecule has 19 heavy (non-hydrogen) atoms. The smallest absolute Gasteiger partial charge is 0.258 e. The lowest BCUT2D eigenvalue weighted by Gasteiger charge is -2.09. The summed E-state index contributed by atoms with van der Waals surface area (Å²) in [5, 5.41) is 3.99. The quantitative estimate of drug-likeness (QED) is 0.827. The molecule has 3 N–H and O–H groups in total. The van der Waals surface area contributed by atoms with Crippen LogP contribution < -0.4 is 10.5 Å². The van der Waals surface area contributed by atoms with Gasteiger partial charge in [-0.3, -0.25) is 4.68 Å². The van der Waals surface area contributed by atoms with Crippen molar-refractivity contribution in [3.8, 4) is 0 Å². The Labute approximate surface area is 112 Å². The van der Waals surface area contributed by atoms with Gasteiger partial charge in [0, 0.05) is 20.1 Å². The van der Waals surface area contributed by atoms with Crippen LogP contribution in [0.2, 0.25) is 0 Å². The first-order valence-electron chi connectivity index (χ1n) is 5.79. The Morgan fingerprint density at radius 3 is 2.53 bits per heavy atom. The molecule has 1 aromatic heterocycles. The molecule has 1 heterocycles. The van der Waals surface area contributed by atoms with Crippen molar-refractivity contribution in [3.05, 3.63) is 47.7 Å². The highest BCUT2D eigenvalue weighted by Crippen LogP contribution is 2.10. The highest BCUT2D eigenvalue weighted by atomic mass is 32.2. The molecule has 0 fully saturated rings. The molecule has 0 saturated heterocycles. The lowest BCUT2D eigenvalue weighted by Crippen LogP contribution is -2.26. The maximum Gasteiger partial charge on any atom is 0.258 e. The zero-order valence-electron chi connectivity index (χ0n) is 10.6. The molecular formula is C12H16N4O2S. The molecule has 0 atom stereocenters. The van der Waals surface area contributed by atoms with E-state index in [0.29, 0.717) is 6.54 Å². The van der Waals surface area contributed by atoms with E-state index in [-0.39, 0.29) is 11.6 Å². The third-order valence-corrected chi connectivity index (χ3v) is 4.32. The zero-order chi connectivity index (χ0) is 13.9. The van der Waals surface area contributed by atoms with Crippen LogP contribution in [-0.4, -0.2) is 18.2 Å². The van der Waals surface area contributed by atoms with Gasteiger partial charge >= 0.3 is 0 Å². The number of benzene rings is 1. The van der Waals surface area contributed by atoms with E-state index in [0.717, 1.165) is 11.1 Å². The average molecular weight is 280 g/mol. The van der Waals surface area contributed by atoms with Gasteiger partial charge in [0.05, 0.1) is 6.20 Å². The summed E-state index contributed by atoms with van der Waals surface area (Å²) < 4.78 is 28.0. The van der Waals surface area contributed by atoms with Gasteiger partial charge in [0.2, 0.25) is 0 Å². The molecule has 0 unspecified atom stereocenters. The number of hydrogen-bond acceptors (Lipinski definition) is 4. The second kappa shape index (κ2) is 5.52. The summed E-state index contributed by atoms with van der Waals surface area (Å²) in [6.07, 6.45) is 1.45. The van der Waals surface area contributed by atoms with Crippen molar-refractivity contribution in [2.75, 3.05) is 0 Å². The standard InChI is InChI=1S/C12H16N4O2S/c1-16-12(6-7-14-16)19(17,18)15-9-11-5-3-2-4-10(11)8-13/h2-7,15H,8-9,13H2,1H3. The van der Waals surface area contributed by atoms with Crippen LogP contribution in [0.15, 0.2) is 41.6 Å². The largest absolute Gasteiger partial charge is 0.326 e. The lowest BCUT2D eigenvalue weighted by molar-refractivity contribution is 0.562. The van der Waals surface area contributed by atoms with E-state index < -0.39 is 10.0 Å². The molecule has 0 bridgehead atoms. The Kier molecular flexibility index (Phi) is 3.98. The third kappa shape index (κ3) is 3.01. The highest BCUT2D eigenvalue weighted by Gasteiger charge is 2.17. The maximum absolute atomic E-state index is 12.1. The van der Waals surface area contributed by atoms with E-state index in [1.807, 2.05) is 24.3 Å². The van der Waals surface area contributed by atoms with Crippen LogP contribution in [0.25, 0.3) is 0 Å². The van der Waals surface area contributed by atoms with E-state index in [4.69, 9.17) is 5.73 Å². The molecule has 7 heteroatoms. The molecule has 0 aliphatic carbocycles. The van der Waals surface area contributed by atoms with Gasteiger partial charge in [-0.25, -0.2) is 13.1 Å². The van der Waals surface area contributed by atoms with Gasteiger partial charge < -0.3 is 5.73 Å². The van der Waals surface area contributed by atoms with E-state index >= 15 is 0 Å². The Hall–Kier alpha value is -1.70. The molecular weight excluding hydrogens is 264 g/mol. The summed E-state index contributed by atoms with van der Waals surface area (Å²) >= 11 is 0. The predicted octanol–water partition coefficient (Wildman–Crippen LogP) is 0.357. The van der Waals surface area contributed by atoms with Crippen LogP contribution in [0.1, 0.15) is 11.1 Å². The summed E-state index contributed by atoms with van der Waals surface area (Å²) in [4.78, 5) is 0. The van der Waals surface area contributed by atoms with Crippen LogP contribution in [-0.2, 0) is 30.2 Å². The summed E-state index contributed by atoms with van der Waals surface area (Å²) in [5.74, 6) is 0. The fraction of sp³-hybridized carbons (Fsp3) is 0.250. The van der Waals surface area contributed by atoms with E-state index in [1.54, 1.807) is 7.05 Å². The number of nitrogens with two attached hydrogens (primary N) is 1. The number of nitrogens with zero attached hydrogens (tertiary/aromatic N) is 2. The number of hydrogen-bond donors (Lipinski definition) is 2. The summed E-state index contributed by atoms with van der Waals surface area (Å²) in [5.41, 5.74) is 7.41. The first-order chi connectivity index (χ1) is 9.04. The summed E-state index contributed by atoms with van der Waals surface area (Å²) in [6.45, 7) is 0.588. The van der Waals surface area contributed by atoms with Gasteiger partial charge in [-0.15, -0.1) is 0 Å². The average Bonchev–Trinajstić information content (AvgIpc) is 2.84. The van der Waals surface area contributed by atoms with Crippen molar-refractivity contribution >= 4 is 10.0 Å². The molecule has 0 radical (unpaired) electrons. The Morgan fingerprint density at radius 1 is 1.26 bits per heavy atom. The van der Waals surface area contributed by atoms with Gasteiger partial charge in [-0.05, 0) is 17.2 Å². The van der Waals surface area contributed by atoms with Crippen LogP contribution in [0, 0.1) is 0 Å². The highest BCUT2D eigenvalue weighted by molar-refractivity contribution is 7.89. The molecule has 2 rings (SSSR count). The summed E-state index contributed by atoms with van der Waals surface area (Å²) in [7, 11) is -1.98.